The van der Waals surface area contributed by atoms with Crippen molar-refractivity contribution in [2.45, 2.75) is 19.0 Å². The summed E-state index contributed by atoms with van der Waals surface area (Å²) in [5, 5.41) is 12.5. The van der Waals surface area contributed by atoms with Gasteiger partial charge in [-0.05, 0) is 12.5 Å². The molecule has 4 N–H and O–H groups in total. The van der Waals surface area contributed by atoms with E-state index in [9.17, 15) is 9.90 Å². The summed E-state index contributed by atoms with van der Waals surface area (Å²) >= 11 is 0. The molecular weight excluding hydrogens is 218 g/mol. The zero-order valence-electron chi connectivity index (χ0n) is 9.60. The fourth-order valence-corrected chi connectivity index (χ4v) is 2.15. The van der Waals surface area contributed by atoms with Crippen LogP contribution in [0.3, 0.4) is 0 Å². The molecule has 1 amide bonds. The predicted molar refractivity (Wildman–Crippen MR) is 65.8 cm³/mol. The monoisotopic (exact) mass is 235 g/mol. The van der Waals surface area contributed by atoms with Gasteiger partial charge in [0.1, 0.15) is 5.75 Å². The SMILES string of the molecule is NCc1ccc(N2CC[C@@H](NC=O)C2)cc1O. The third-order valence-corrected chi connectivity index (χ3v) is 3.15. The molecule has 92 valence electrons. The van der Waals surface area contributed by atoms with E-state index in [0.717, 1.165) is 37.2 Å². The Balaban J connectivity index is 2.08. The van der Waals surface area contributed by atoms with Gasteiger partial charge in [-0.2, -0.15) is 0 Å². The van der Waals surface area contributed by atoms with E-state index in [2.05, 4.69) is 10.2 Å². The average molecular weight is 235 g/mol. The number of carbonyl (C=O) groups excluding carboxylic acids is 1. The van der Waals surface area contributed by atoms with Gasteiger partial charge in [-0.1, -0.05) is 6.07 Å². The number of carbonyl (C=O) groups is 1. The van der Waals surface area contributed by atoms with Gasteiger partial charge in [0.25, 0.3) is 0 Å². The molecule has 0 aromatic heterocycles. The Morgan fingerprint density at radius 3 is 3.06 bits per heavy atom. The Morgan fingerprint density at radius 1 is 1.59 bits per heavy atom. The molecule has 0 unspecified atom stereocenters. The van der Waals surface area contributed by atoms with Gasteiger partial charge in [0, 0.05) is 43.0 Å². The Labute approximate surface area is 100 Å². The van der Waals surface area contributed by atoms with E-state index in [0.29, 0.717) is 6.54 Å². The molecule has 5 nitrogen and oxygen atoms in total. The quantitative estimate of drug-likeness (QED) is 0.650. The Kier molecular flexibility index (Phi) is 3.49. The molecule has 1 saturated heterocycles. The number of aromatic hydroxyl groups is 1. The average Bonchev–Trinajstić information content (AvgIpc) is 2.78. The number of phenols is 1. The highest BCUT2D eigenvalue weighted by Gasteiger charge is 2.22. The first-order valence-corrected chi connectivity index (χ1v) is 5.71. The zero-order valence-corrected chi connectivity index (χ0v) is 9.60. The summed E-state index contributed by atoms with van der Waals surface area (Å²) in [7, 11) is 0. The van der Waals surface area contributed by atoms with E-state index in [4.69, 9.17) is 5.73 Å². The highest BCUT2D eigenvalue weighted by Crippen LogP contribution is 2.26. The third-order valence-electron chi connectivity index (χ3n) is 3.15. The molecule has 1 aromatic rings. The number of rotatable bonds is 4. The van der Waals surface area contributed by atoms with Gasteiger partial charge in [0.15, 0.2) is 0 Å². The number of hydrogen-bond acceptors (Lipinski definition) is 4. The van der Waals surface area contributed by atoms with Crippen molar-refractivity contribution in [1.82, 2.24) is 5.32 Å². The van der Waals surface area contributed by atoms with Crippen molar-refractivity contribution in [3.63, 3.8) is 0 Å². The highest BCUT2D eigenvalue weighted by atomic mass is 16.3. The van der Waals surface area contributed by atoms with Crippen LogP contribution in [0.5, 0.6) is 5.75 Å². The molecule has 1 aromatic carbocycles. The lowest BCUT2D eigenvalue weighted by atomic mass is 10.1. The van der Waals surface area contributed by atoms with Crippen molar-refractivity contribution >= 4 is 12.1 Å². The van der Waals surface area contributed by atoms with Crippen LogP contribution in [0.1, 0.15) is 12.0 Å². The van der Waals surface area contributed by atoms with Crippen molar-refractivity contribution < 1.29 is 9.90 Å². The first-order valence-electron chi connectivity index (χ1n) is 5.71. The Bertz CT molecular complexity index is 409. The molecule has 1 fully saturated rings. The van der Waals surface area contributed by atoms with Crippen molar-refractivity contribution in [1.29, 1.82) is 0 Å². The van der Waals surface area contributed by atoms with E-state index in [1.807, 2.05) is 12.1 Å². The number of anilines is 1. The Morgan fingerprint density at radius 2 is 2.41 bits per heavy atom. The fraction of sp³-hybridized carbons (Fsp3) is 0.417. The minimum Gasteiger partial charge on any atom is -0.508 e. The normalized spacial score (nSPS) is 19.4. The summed E-state index contributed by atoms with van der Waals surface area (Å²) in [4.78, 5) is 12.5. The van der Waals surface area contributed by atoms with E-state index in [1.54, 1.807) is 6.07 Å². The van der Waals surface area contributed by atoms with Crippen molar-refractivity contribution in [2.75, 3.05) is 18.0 Å². The second-order valence-electron chi connectivity index (χ2n) is 4.23. The van der Waals surface area contributed by atoms with Gasteiger partial charge < -0.3 is 21.1 Å². The van der Waals surface area contributed by atoms with Crippen LogP contribution < -0.4 is 16.0 Å². The van der Waals surface area contributed by atoms with Gasteiger partial charge in [-0.25, -0.2) is 0 Å². The lowest BCUT2D eigenvalue weighted by Gasteiger charge is -2.19. The molecule has 0 bridgehead atoms. The van der Waals surface area contributed by atoms with Crippen LogP contribution in [0.4, 0.5) is 5.69 Å². The molecular formula is C12H17N3O2. The van der Waals surface area contributed by atoms with Crippen LogP contribution in [0.15, 0.2) is 18.2 Å². The van der Waals surface area contributed by atoms with Crippen LogP contribution in [-0.2, 0) is 11.3 Å². The van der Waals surface area contributed by atoms with Gasteiger partial charge in [0.05, 0.1) is 0 Å². The number of nitrogens with zero attached hydrogens (tertiary/aromatic N) is 1. The van der Waals surface area contributed by atoms with Crippen LogP contribution in [0, 0.1) is 0 Å². The number of nitrogens with two attached hydrogens (primary N) is 1. The van der Waals surface area contributed by atoms with E-state index < -0.39 is 0 Å². The Hall–Kier alpha value is -1.75. The van der Waals surface area contributed by atoms with E-state index >= 15 is 0 Å². The van der Waals surface area contributed by atoms with Crippen molar-refractivity contribution in [3.8, 4) is 5.75 Å². The molecule has 0 saturated carbocycles. The number of amides is 1. The number of phenolic OH excluding ortho intramolecular Hbond substituents is 1. The summed E-state index contributed by atoms with van der Waals surface area (Å²) in [6, 6.07) is 5.71. The summed E-state index contributed by atoms with van der Waals surface area (Å²) in [5.74, 6) is 0.233. The first kappa shape index (κ1) is 11.7. The maximum absolute atomic E-state index is 10.4. The molecule has 1 aliphatic heterocycles. The molecule has 17 heavy (non-hydrogen) atoms. The largest absolute Gasteiger partial charge is 0.508 e. The minimum atomic E-state index is 0.198. The maximum Gasteiger partial charge on any atom is 0.207 e. The summed E-state index contributed by atoms with van der Waals surface area (Å²) in [6.45, 7) is 1.99. The third kappa shape index (κ3) is 2.50. The lowest BCUT2D eigenvalue weighted by Crippen LogP contribution is -2.31. The molecule has 5 heteroatoms. The smallest absolute Gasteiger partial charge is 0.207 e. The topological polar surface area (TPSA) is 78.6 Å². The summed E-state index contributed by atoms with van der Waals surface area (Å²) in [5.41, 5.74) is 7.21. The molecule has 0 radical (unpaired) electrons. The van der Waals surface area contributed by atoms with Gasteiger partial charge in [-0.15, -0.1) is 0 Å². The van der Waals surface area contributed by atoms with Crippen LogP contribution in [-0.4, -0.2) is 30.6 Å². The van der Waals surface area contributed by atoms with Crippen LogP contribution in [0.25, 0.3) is 0 Å². The van der Waals surface area contributed by atoms with Gasteiger partial charge in [-0.3, -0.25) is 4.79 Å². The lowest BCUT2D eigenvalue weighted by molar-refractivity contribution is -0.110. The molecule has 1 heterocycles. The number of nitrogens with one attached hydrogen (secondary N) is 1. The van der Waals surface area contributed by atoms with E-state index in [1.165, 1.54) is 0 Å². The fourth-order valence-electron chi connectivity index (χ4n) is 2.15. The molecule has 2 rings (SSSR count). The zero-order chi connectivity index (χ0) is 12.3. The van der Waals surface area contributed by atoms with Gasteiger partial charge >= 0.3 is 0 Å². The second kappa shape index (κ2) is 5.05. The maximum atomic E-state index is 10.4. The second-order valence-corrected chi connectivity index (χ2v) is 4.23. The van der Waals surface area contributed by atoms with Crippen LogP contribution in [0.2, 0.25) is 0 Å². The standard InChI is InChI=1S/C12H17N3O2/c13-6-9-1-2-11(5-12(9)17)15-4-3-10(7-15)14-8-16/h1-2,5,8,10,17H,3-4,6-7,13H2,(H,14,16)/t10-/m1/s1. The summed E-state index contributed by atoms with van der Waals surface area (Å²) < 4.78 is 0. The summed E-state index contributed by atoms with van der Waals surface area (Å²) in [6.07, 6.45) is 1.67. The first-order chi connectivity index (χ1) is 8.24. The minimum absolute atomic E-state index is 0.198. The van der Waals surface area contributed by atoms with Crippen molar-refractivity contribution in [3.05, 3.63) is 23.8 Å². The molecule has 0 spiro atoms. The van der Waals surface area contributed by atoms with Crippen LogP contribution >= 0.6 is 0 Å². The molecule has 0 aliphatic carbocycles. The number of hydrogen-bond donors (Lipinski definition) is 3. The van der Waals surface area contributed by atoms with Crippen molar-refractivity contribution in [2.24, 2.45) is 5.73 Å². The predicted octanol–water partition coefficient (Wildman–Crippen LogP) is 0.176. The highest BCUT2D eigenvalue weighted by molar-refractivity contribution is 5.55. The number of benzene rings is 1. The molecule has 1 aliphatic rings. The molecule has 1 atom stereocenters. The van der Waals surface area contributed by atoms with Gasteiger partial charge in [0.2, 0.25) is 6.41 Å². The van der Waals surface area contributed by atoms with E-state index in [-0.39, 0.29) is 11.8 Å².